The number of carbonyl (C=O) groups excluding carboxylic acids is 1. The molecule has 0 fully saturated rings. The van der Waals surface area contributed by atoms with Crippen LogP contribution in [0.4, 0.5) is 0 Å². The Morgan fingerprint density at radius 1 is 1.41 bits per heavy atom. The number of hydrogen-bond acceptors (Lipinski definition) is 2. The lowest BCUT2D eigenvalue weighted by molar-refractivity contribution is -0.116. The standard InChI is InChI=1S/C15H22O2/c1-11-4-6-14(2,7-5-11)15(3)9-13(17)8-12(15)10-16/h4,8,16H,5-7,9-10H2,1-3H3/t14-,15+/m1/s1. The maximum atomic E-state index is 11.7. The molecule has 0 aromatic rings. The number of ketones is 1. The normalized spacial score (nSPS) is 38.0. The summed E-state index contributed by atoms with van der Waals surface area (Å²) in [5, 5.41) is 9.48. The Morgan fingerprint density at radius 3 is 2.65 bits per heavy atom. The van der Waals surface area contributed by atoms with E-state index in [4.69, 9.17) is 0 Å². The van der Waals surface area contributed by atoms with Crippen LogP contribution in [0.1, 0.15) is 46.5 Å². The maximum absolute atomic E-state index is 11.7. The first-order chi connectivity index (χ1) is 7.91. The van der Waals surface area contributed by atoms with Crippen LogP contribution in [0.5, 0.6) is 0 Å². The van der Waals surface area contributed by atoms with Gasteiger partial charge in [-0.2, -0.15) is 0 Å². The Kier molecular flexibility index (Phi) is 3.03. The van der Waals surface area contributed by atoms with Gasteiger partial charge in [-0.15, -0.1) is 0 Å². The first kappa shape index (κ1) is 12.6. The van der Waals surface area contributed by atoms with Crippen LogP contribution in [0.25, 0.3) is 0 Å². The average Bonchev–Trinajstić information content (AvgIpc) is 2.59. The van der Waals surface area contributed by atoms with Crippen LogP contribution in [0.3, 0.4) is 0 Å². The summed E-state index contributed by atoms with van der Waals surface area (Å²) in [6, 6.07) is 0. The number of aliphatic hydroxyl groups excluding tert-OH is 1. The van der Waals surface area contributed by atoms with Crippen molar-refractivity contribution in [2.75, 3.05) is 6.61 Å². The predicted molar refractivity (Wildman–Crippen MR) is 68.6 cm³/mol. The van der Waals surface area contributed by atoms with E-state index < -0.39 is 0 Å². The monoisotopic (exact) mass is 234 g/mol. The van der Waals surface area contributed by atoms with E-state index in [9.17, 15) is 9.90 Å². The molecule has 0 aliphatic heterocycles. The molecule has 0 saturated heterocycles. The summed E-state index contributed by atoms with van der Waals surface area (Å²) in [6.45, 7) is 6.59. The minimum Gasteiger partial charge on any atom is -0.392 e. The summed E-state index contributed by atoms with van der Waals surface area (Å²) in [5.41, 5.74) is 2.33. The van der Waals surface area contributed by atoms with Gasteiger partial charge in [0.05, 0.1) is 6.61 Å². The zero-order valence-corrected chi connectivity index (χ0v) is 11.0. The van der Waals surface area contributed by atoms with E-state index in [-0.39, 0.29) is 23.2 Å². The first-order valence-electron chi connectivity index (χ1n) is 6.42. The molecule has 2 heteroatoms. The van der Waals surface area contributed by atoms with Crippen molar-refractivity contribution >= 4 is 5.78 Å². The zero-order valence-electron chi connectivity index (χ0n) is 11.0. The van der Waals surface area contributed by atoms with Gasteiger partial charge in [-0.25, -0.2) is 0 Å². The second kappa shape index (κ2) is 4.09. The molecule has 2 atom stereocenters. The fourth-order valence-electron chi connectivity index (χ4n) is 3.27. The molecule has 2 aliphatic carbocycles. The van der Waals surface area contributed by atoms with Gasteiger partial charge in [-0.3, -0.25) is 4.79 Å². The van der Waals surface area contributed by atoms with Crippen LogP contribution >= 0.6 is 0 Å². The molecule has 0 saturated carbocycles. The molecule has 0 aromatic carbocycles. The molecule has 2 rings (SSSR count). The fraction of sp³-hybridized carbons (Fsp3) is 0.667. The number of aliphatic hydroxyl groups is 1. The zero-order chi connectivity index (χ0) is 12.7. The van der Waals surface area contributed by atoms with Crippen LogP contribution in [-0.2, 0) is 4.79 Å². The molecule has 2 nitrogen and oxygen atoms in total. The Hall–Kier alpha value is -0.890. The number of carbonyl (C=O) groups is 1. The molecule has 0 bridgehead atoms. The molecule has 0 unspecified atom stereocenters. The minimum atomic E-state index is -0.157. The second-order valence-corrected chi connectivity index (χ2v) is 6.12. The Bertz CT molecular complexity index is 405. The third kappa shape index (κ3) is 1.89. The van der Waals surface area contributed by atoms with Crippen molar-refractivity contribution in [2.24, 2.45) is 10.8 Å². The summed E-state index contributed by atoms with van der Waals surface area (Å²) in [4.78, 5) is 11.7. The van der Waals surface area contributed by atoms with E-state index in [1.807, 2.05) is 0 Å². The van der Waals surface area contributed by atoms with Crippen LogP contribution in [0.15, 0.2) is 23.3 Å². The highest BCUT2D eigenvalue weighted by molar-refractivity contribution is 5.94. The van der Waals surface area contributed by atoms with Gasteiger partial charge in [0.15, 0.2) is 5.78 Å². The average molecular weight is 234 g/mol. The van der Waals surface area contributed by atoms with Gasteiger partial charge in [0, 0.05) is 11.8 Å². The van der Waals surface area contributed by atoms with Gasteiger partial charge in [0.2, 0.25) is 0 Å². The first-order valence-corrected chi connectivity index (χ1v) is 6.42. The Balaban J connectivity index is 2.33. The van der Waals surface area contributed by atoms with Crippen molar-refractivity contribution in [3.05, 3.63) is 23.3 Å². The highest BCUT2D eigenvalue weighted by atomic mass is 16.3. The van der Waals surface area contributed by atoms with Gasteiger partial charge in [-0.1, -0.05) is 25.5 Å². The summed E-state index contributed by atoms with van der Waals surface area (Å²) in [5.74, 6) is 0.170. The largest absolute Gasteiger partial charge is 0.392 e. The smallest absolute Gasteiger partial charge is 0.156 e. The molecule has 0 radical (unpaired) electrons. The maximum Gasteiger partial charge on any atom is 0.156 e. The van der Waals surface area contributed by atoms with Crippen molar-refractivity contribution in [1.82, 2.24) is 0 Å². The quantitative estimate of drug-likeness (QED) is 0.746. The second-order valence-electron chi connectivity index (χ2n) is 6.12. The van der Waals surface area contributed by atoms with Crippen LogP contribution in [-0.4, -0.2) is 17.5 Å². The van der Waals surface area contributed by atoms with E-state index in [0.29, 0.717) is 6.42 Å². The molecular weight excluding hydrogens is 212 g/mol. The molecule has 2 aliphatic rings. The predicted octanol–water partition coefficient (Wildman–Crippen LogP) is 3.02. The molecule has 1 N–H and O–H groups in total. The van der Waals surface area contributed by atoms with Crippen LogP contribution in [0, 0.1) is 10.8 Å². The highest BCUT2D eigenvalue weighted by Crippen LogP contribution is 2.56. The Labute approximate surface area is 103 Å². The molecule has 94 valence electrons. The summed E-state index contributed by atoms with van der Waals surface area (Å²) in [6.07, 6.45) is 7.75. The van der Waals surface area contributed by atoms with Crippen LogP contribution in [0.2, 0.25) is 0 Å². The van der Waals surface area contributed by atoms with Crippen molar-refractivity contribution in [3.8, 4) is 0 Å². The molecular formula is C15H22O2. The van der Waals surface area contributed by atoms with Gasteiger partial charge >= 0.3 is 0 Å². The lowest BCUT2D eigenvalue weighted by Crippen LogP contribution is -2.40. The van der Waals surface area contributed by atoms with E-state index in [0.717, 1.165) is 24.8 Å². The van der Waals surface area contributed by atoms with Gasteiger partial charge in [0.1, 0.15) is 0 Å². The highest BCUT2D eigenvalue weighted by Gasteiger charge is 2.50. The number of allylic oxidation sites excluding steroid dienone is 3. The fourth-order valence-corrected chi connectivity index (χ4v) is 3.27. The SMILES string of the molecule is CC1=CC[C@@](C)([C@@]2(C)CC(=O)C=C2CO)CC1. The van der Waals surface area contributed by atoms with Crippen molar-refractivity contribution < 1.29 is 9.90 Å². The molecule has 0 aromatic heterocycles. The molecule has 0 heterocycles. The molecule has 0 spiro atoms. The lowest BCUT2D eigenvalue weighted by atomic mass is 9.57. The number of hydrogen-bond donors (Lipinski definition) is 1. The third-order valence-corrected chi connectivity index (χ3v) is 5.05. The minimum absolute atomic E-state index is 0.0144. The van der Waals surface area contributed by atoms with Gasteiger partial charge in [0.25, 0.3) is 0 Å². The van der Waals surface area contributed by atoms with Gasteiger partial charge in [-0.05, 0) is 43.3 Å². The van der Waals surface area contributed by atoms with Crippen molar-refractivity contribution in [2.45, 2.75) is 46.5 Å². The molecule has 0 amide bonds. The topological polar surface area (TPSA) is 37.3 Å². The number of rotatable bonds is 2. The molecule has 17 heavy (non-hydrogen) atoms. The third-order valence-electron chi connectivity index (χ3n) is 5.05. The van der Waals surface area contributed by atoms with E-state index in [1.165, 1.54) is 5.57 Å². The van der Waals surface area contributed by atoms with E-state index in [1.54, 1.807) is 6.08 Å². The van der Waals surface area contributed by atoms with Gasteiger partial charge < -0.3 is 5.11 Å². The Morgan fingerprint density at radius 2 is 2.12 bits per heavy atom. The van der Waals surface area contributed by atoms with Crippen LogP contribution < -0.4 is 0 Å². The lowest BCUT2D eigenvalue weighted by Gasteiger charge is -2.47. The van der Waals surface area contributed by atoms with E-state index >= 15 is 0 Å². The summed E-state index contributed by atoms with van der Waals surface area (Å²) >= 11 is 0. The summed E-state index contributed by atoms with van der Waals surface area (Å²) < 4.78 is 0. The van der Waals surface area contributed by atoms with Crippen molar-refractivity contribution in [3.63, 3.8) is 0 Å². The van der Waals surface area contributed by atoms with E-state index in [2.05, 4.69) is 26.8 Å². The van der Waals surface area contributed by atoms with Crippen molar-refractivity contribution in [1.29, 1.82) is 0 Å². The summed E-state index contributed by atoms with van der Waals surface area (Å²) in [7, 11) is 0.